The maximum absolute atomic E-state index is 13.4. The number of rotatable bonds is 3. The first kappa shape index (κ1) is 24.5. The van der Waals surface area contributed by atoms with Gasteiger partial charge in [0, 0.05) is 56.7 Å². The summed E-state index contributed by atoms with van der Waals surface area (Å²) in [6.07, 6.45) is -0.388. The Morgan fingerprint density at radius 1 is 1.23 bits per heavy atom. The van der Waals surface area contributed by atoms with E-state index in [1.807, 2.05) is 11.8 Å². The first-order valence-electron chi connectivity index (χ1n) is 11.4. The van der Waals surface area contributed by atoms with Gasteiger partial charge in [-0.3, -0.25) is 14.6 Å². The lowest BCUT2D eigenvalue weighted by Crippen LogP contribution is -2.48. The van der Waals surface area contributed by atoms with Crippen molar-refractivity contribution in [1.29, 1.82) is 5.26 Å². The number of aryl methyl sites for hydroxylation is 1. The van der Waals surface area contributed by atoms with Crippen LogP contribution < -0.4 is 10.2 Å². The van der Waals surface area contributed by atoms with Crippen LogP contribution in [-0.2, 0) is 11.0 Å². The molecule has 2 amide bonds. The smallest absolute Gasteiger partial charge is 0.371 e. The van der Waals surface area contributed by atoms with Crippen molar-refractivity contribution in [3.05, 3.63) is 58.9 Å². The van der Waals surface area contributed by atoms with Gasteiger partial charge in [0.05, 0.1) is 28.7 Å². The standard InChI is InChI=1S/C25H26F3N5O2/c1-16-5-8-31-13-19(16)23(35)33-14-21(22(34)30-2)24(15-33)6-9-32(10-7-24)18-4-3-17(12-29)20(11-18)25(26,27)28/h3-5,8,11,13,21H,6-7,9-10,14-15H2,1-2H3,(H,30,34). The summed E-state index contributed by atoms with van der Waals surface area (Å²) in [7, 11) is 1.57. The molecule has 1 atom stereocenters. The van der Waals surface area contributed by atoms with Gasteiger partial charge < -0.3 is 15.1 Å². The molecule has 35 heavy (non-hydrogen) atoms. The summed E-state index contributed by atoms with van der Waals surface area (Å²) in [5, 5.41) is 11.8. The second-order valence-electron chi connectivity index (χ2n) is 9.23. The van der Waals surface area contributed by atoms with Crippen LogP contribution in [0.15, 0.2) is 36.7 Å². The predicted octanol–water partition coefficient (Wildman–Crippen LogP) is 3.39. The summed E-state index contributed by atoms with van der Waals surface area (Å²) in [6.45, 7) is 3.38. The zero-order valence-corrected chi connectivity index (χ0v) is 19.5. The molecule has 1 aromatic carbocycles. The number of nitrogens with one attached hydrogen (secondary N) is 1. The van der Waals surface area contributed by atoms with Gasteiger partial charge in [0.25, 0.3) is 5.91 Å². The van der Waals surface area contributed by atoms with Crippen molar-refractivity contribution in [3.8, 4) is 6.07 Å². The van der Waals surface area contributed by atoms with E-state index in [0.29, 0.717) is 43.7 Å². The van der Waals surface area contributed by atoms with Crippen molar-refractivity contribution in [2.24, 2.45) is 11.3 Å². The third-order valence-electron chi connectivity index (χ3n) is 7.32. The van der Waals surface area contributed by atoms with E-state index in [0.717, 1.165) is 11.6 Å². The SMILES string of the molecule is CNC(=O)C1CN(C(=O)c2cnccc2C)CC12CCN(c1ccc(C#N)c(C(F)(F)F)c1)CC2. The number of benzene rings is 1. The minimum Gasteiger partial charge on any atom is -0.371 e. The Morgan fingerprint density at radius 2 is 1.94 bits per heavy atom. The Balaban J connectivity index is 1.56. The van der Waals surface area contributed by atoms with Gasteiger partial charge in [-0.2, -0.15) is 18.4 Å². The molecule has 2 aromatic rings. The first-order valence-corrected chi connectivity index (χ1v) is 11.4. The van der Waals surface area contributed by atoms with Crippen molar-refractivity contribution < 1.29 is 22.8 Å². The normalized spacial score (nSPS) is 19.5. The molecule has 1 spiro atoms. The Labute approximate surface area is 201 Å². The predicted molar refractivity (Wildman–Crippen MR) is 122 cm³/mol. The van der Waals surface area contributed by atoms with Crippen LogP contribution in [0.1, 0.15) is 39.9 Å². The molecule has 2 aliphatic rings. The van der Waals surface area contributed by atoms with E-state index in [2.05, 4.69) is 10.3 Å². The molecule has 10 heteroatoms. The third kappa shape index (κ3) is 4.55. The van der Waals surface area contributed by atoms with Gasteiger partial charge in [-0.15, -0.1) is 0 Å². The summed E-state index contributed by atoms with van der Waals surface area (Å²) in [4.78, 5) is 33.6. The van der Waals surface area contributed by atoms with Gasteiger partial charge in [0.15, 0.2) is 0 Å². The van der Waals surface area contributed by atoms with E-state index < -0.39 is 28.6 Å². The highest BCUT2D eigenvalue weighted by molar-refractivity contribution is 5.96. The number of anilines is 1. The molecule has 7 nitrogen and oxygen atoms in total. The van der Waals surface area contributed by atoms with Gasteiger partial charge in [-0.25, -0.2) is 0 Å². The molecule has 0 bridgehead atoms. The number of pyridine rings is 1. The van der Waals surface area contributed by atoms with Crippen LogP contribution in [0.4, 0.5) is 18.9 Å². The molecular weight excluding hydrogens is 459 g/mol. The molecule has 2 aliphatic heterocycles. The number of alkyl halides is 3. The number of hydrogen-bond donors (Lipinski definition) is 1. The van der Waals surface area contributed by atoms with E-state index in [9.17, 15) is 22.8 Å². The van der Waals surface area contributed by atoms with Gasteiger partial charge in [-0.1, -0.05) is 0 Å². The number of carbonyl (C=O) groups excluding carboxylic acids is 2. The van der Waals surface area contributed by atoms with Crippen LogP contribution in [0.25, 0.3) is 0 Å². The maximum Gasteiger partial charge on any atom is 0.417 e. The second-order valence-corrected chi connectivity index (χ2v) is 9.23. The molecule has 2 fully saturated rings. The fourth-order valence-corrected chi connectivity index (χ4v) is 5.29. The average Bonchev–Trinajstić information content (AvgIpc) is 3.21. The molecule has 0 saturated carbocycles. The van der Waals surface area contributed by atoms with E-state index >= 15 is 0 Å². The Hall–Kier alpha value is -3.61. The largest absolute Gasteiger partial charge is 0.417 e. The topological polar surface area (TPSA) is 89.3 Å². The first-order chi connectivity index (χ1) is 16.6. The Bertz CT molecular complexity index is 1180. The lowest BCUT2D eigenvalue weighted by molar-refractivity contribution is -0.137. The number of nitriles is 1. The van der Waals surface area contributed by atoms with Gasteiger partial charge in [0.2, 0.25) is 5.91 Å². The van der Waals surface area contributed by atoms with E-state index in [-0.39, 0.29) is 18.4 Å². The van der Waals surface area contributed by atoms with Crippen molar-refractivity contribution in [2.45, 2.75) is 25.9 Å². The van der Waals surface area contributed by atoms with Crippen LogP contribution in [0.5, 0.6) is 0 Å². The molecule has 4 rings (SSSR count). The maximum atomic E-state index is 13.4. The Kier molecular flexibility index (Phi) is 6.45. The van der Waals surface area contributed by atoms with Crippen molar-refractivity contribution in [2.75, 3.05) is 38.1 Å². The highest BCUT2D eigenvalue weighted by atomic mass is 19.4. The average molecular weight is 486 g/mol. The number of aromatic nitrogens is 1. The van der Waals surface area contributed by atoms with E-state index in [1.165, 1.54) is 18.3 Å². The molecule has 184 valence electrons. The summed E-state index contributed by atoms with van der Waals surface area (Å²) in [5.74, 6) is -0.734. The monoisotopic (exact) mass is 485 g/mol. The number of piperidine rings is 1. The number of carbonyl (C=O) groups is 2. The Morgan fingerprint density at radius 3 is 2.54 bits per heavy atom. The fraction of sp³-hybridized carbons (Fsp3) is 0.440. The summed E-state index contributed by atoms with van der Waals surface area (Å²) < 4.78 is 40.3. The quantitative estimate of drug-likeness (QED) is 0.720. The van der Waals surface area contributed by atoms with Gasteiger partial charge >= 0.3 is 6.18 Å². The lowest BCUT2D eigenvalue weighted by Gasteiger charge is -2.43. The number of likely N-dealkylation sites (tertiary alicyclic amines) is 1. The van der Waals surface area contributed by atoms with Crippen LogP contribution in [0.2, 0.25) is 0 Å². The zero-order chi connectivity index (χ0) is 25.4. The molecule has 3 heterocycles. The lowest BCUT2D eigenvalue weighted by atomic mass is 9.70. The highest BCUT2D eigenvalue weighted by Gasteiger charge is 2.52. The van der Waals surface area contributed by atoms with Crippen LogP contribution in [0.3, 0.4) is 0 Å². The van der Waals surface area contributed by atoms with Crippen molar-refractivity contribution in [3.63, 3.8) is 0 Å². The van der Waals surface area contributed by atoms with Crippen molar-refractivity contribution in [1.82, 2.24) is 15.2 Å². The molecule has 1 N–H and O–H groups in total. The van der Waals surface area contributed by atoms with Crippen LogP contribution >= 0.6 is 0 Å². The summed E-state index contributed by atoms with van der Waals surface area (Å²) in [5.41, 5.74) is -0.148. The summed E-state index contributed by atoms with van der Waals surface area (Å²) >= 11 is 0. The number of halogens is 3. The second kappa shape index (κ2) is 9.21. The molecule has 2 saturated heterocycles. The molecule has 1 aromatic heterocycles. The highest BCUT2D eigenvalue weighted by Crippen LogP contribution is 2.46. The third-order valence-corrected chi connectivity index (χ3v) is 7.32. The van der Waals surface area contributed by atoms with Crippen LogP contribution in [0, 0.1) is 29.6 Å². The molecule has 1 unspecified atom stereocenters. The fourth-order valence-electron chi connectivity index (χ4n) is 5.29. The minimum absolute atomic E-state index is 0.144. The molecular formula is C25H26F3N5O2. The number of nitrogens with zero attached hydrogens (tertiary/aromatic N) is 4. The van der Waals surface area contributed by atoms with E-state index in [4.69, 9.17) is 5.26 Å². The molecule has 0 radical (unpaired) electrons. The van der Waals surface area contributed by atoms with E-state index in [1.54, 1.807) is 30.3 Å². The number of amides is 2. The summed E-state index contributed by atoms with van der Waals surface area (Å²) in [6, 6.07) is 7.11. The minimum atomic E-state index is -4.63. The van der Waals surface area contributed by atoms with Gasteiger partial charge in [-0.05, 0) is 49.6 Å². The van der Waals surface area contributed by atoms with Crippen molar-refractivity contribution >= 4 is 17.5 Å². The zero-order valence-electron chi connectivity index (χ0n) is 19.5. The van der Waals surface area contributed by atoms with Gasteiger partial charge in [0.1, 0.15) is 0 Å². The van der Waals surface area contributed by atoms with Crippen LogP contribution in [-0.4, -0.2) is 54.9 Å². The number of hydrogen-bond acceptors (Lipinski definition) is 5. The molecule has 0 aliphatic carbocycles.